The lowest BCUT2D eigenvalue weighted by Crippen LogP contribution is -2.49. The summed E-state index contributed by atoms with van der Waals surface area (Å²) in [7, 11) is 0. The standard InChI is InChI=1S/C17H26N2OS/c1-2-14(15-7-4-8-21-15)19-17(20)13-9-11-5-3-6-12(10-13)16(11)18/h4,7-8,11-14,16H,2-3,5-6,9-10,18H2,1H3,(H,19,20). The summed E-state index contributed by atoms with van der Waals surface area (Å²) in [5.74, 6) is 1.55. The van der Waals surface area contributed by atoms with E-state index < -0.39 is 0 Å². The van der Waals surface area contributed by atoms with Crippen molar-refractivity contribution in [3.8, 4) is 0 Å². The summed E-state index contributed by atoms with van der Waals surface area (Å²) < 4.78 is 0. The van der Waals surface area contributed by atoms with Gasteiger partial charge in [0.25, 0.3) is 0 Å². The molecule has 3 rings (SSSR count). The first-order chi connectivity index (χ1) is 10.2. The maximum atomic E-state index is 12.7. The smallest absolute Gasteiger partial charge is 0.223 e. The number of amides is 1. The predicted molar refractivity (Wildman–Crippen MR) is 87.0 cm³/mol. The molecule has 2 aliphatic carbocycles. The van der Waals surface area contributed by atoms with E-state index in [1.807, 2.05) is 0 Å². The molecule has 0 aromatic carbocycles. The molecule has 3 N–H and O–H groups in total. The van der Waals surface area contributed by atoms with Crippen molar-refractivity contribution >= 4 is 17.2 Å². The average Bonchev–Trinajstić information content (AvgIpc) is 2.98. The molecule has 3 nitrogen and oxygen atoms in total. The van der Waals surface area contributed by atoms with Gasteiger partial charge >= 0.3 is 0 Å². The number of carbonyl (C=O) groups is 1. The lowest BCUT2D eigenvalue weighted by Gasteiger charge is -2.43. The van der Waals surface area contributed by atoms with Crippen molar-refractivity contribution < 1.29 is 4.79 Å². The molecule has 1 amide bonds. The molecule has 2 saturated carbocycles. The number of nitrogens with one attached hydrogen (secondary N) is 1. The van der Waals surface area contributed by atoms with Crippen molar-refractivity contribution in [3.05, 3.63) is 22.4 Å². The summed E-state index contributed by atoms with van der Waals surface area (Å²) >= 11 is 1.73. The Balaban J connectivity index is 1.63. The first-order valence-electron chi connectivity index (χ1n) is 8.28. The van der Waals surface area contributed by atoms with Crippen molar-refractivity contribution in [2.45, 2.75) is 57.5 Å². The van der Waals surface area contributed by atoms with Crippen LogP contribution in [0.5, 0.6) is 0 Å². The molecule has 0 radical (unpaired) electrons. The average molecular weight is 306 g/mol. The second kappa shape index (κ2) is 6.49. The van der Waals surface area contributed by atoms with Gasteiger partial charge in [0.15, 0.2) is 0 Å². The molecule has 21 heavy (non-hydrogen) atoms. The fourth-order valence-electron chi connectivity index (χ4n) is 4.16. The Bertz CT molecular complexity index is 459. The maximum absolute atomic E-state index is 12.7. The van der Waals surface area contributed by atoms with Crippen LogP contribution >= 0.6 is 11.3 Å². The van der Waals surface area contributed by atoms with Gasteiger partial charge in [-0.25, -0.2) is 0 Å². The van der Waals surface area contributed by atoms with Gasteiger partial charge in [-0.1, -0.05) is 19.4 Å². The van der Waals surface area contributed by atoms with Crippen molar-refractivity contribution in [1.29, 1.82) is 0 Å². The molecule has 3 unspecified atom stereocenters. The highest BCUT2D eigenvalue weighted by Gasteiger charge is 2.40. The number of fused-ring (bicyclic) bond motifs is 2. The summed E-state index contributed by atoms with van der Waals surface area (Å²) in [4.78, 5) is 13.9. The monoisotopic (exact) mass is 306 g/mol. The number of nitrogens with two attached hydrogens (primary N) is 1. The number of hydrogen-bond acceptors (Lipinski definition) is 3. The molecule has 2 bridgehead atoms. The SMILES string of the molecule is CCC(NC(=O)C1CC2CCCC(C1)C2N)c1cccs1. The van der Waals surface area contributed by atoms with Crippen LogP contribution in [0.4, 0.5) is 0 Å². The summed E-state index contributed by atoms with van der Waals surface area (Å²) in [6.45, 7) is 2.14. The Hall–Kier alpha value is -0.870. The zero-order chi connectivity index (χ0) is 14.8. The van der Waals surface area contributed by atoms with Gasteiger partial charge in [-0.15, -0.1) is 11.3 Å². The Morgan fingerprint density at radius 3 is 2.71 bits per heavy atom. The largest absolute Gasteiger partial charge is 0.348 e. The Morgan fingerprint density at radius 1 is 1.43 bits per heavy atom. The number of thiophene rings is 1. The van der Waals surface area contributed by atoms with E-state index in [2.05, 4.69) is 29.8 Å². The lowest BCUT2D eigenvalue weighted by molar-refractivity contribution is -0.128. The third-order valence-corrected chi connectivity index (χ3v) is 6.38. The minimum atomic E-state index is 0.174. The van der Waals surface area contributed by atoms with Gasteiger partial charge in [-0.2, -0.15) is 0 Å². The summed E-state index contributed by atoms with van der Waals surface area (Å²) in [5, 5.41) is 5.35. The molecule has 1 heterocycles. The van der Waals surface area contributed by atoms with E-state index in [-0.39, 0.29) is 17.9 Å². The quantitative estimate of drug-likeness (QED) is 0.895. The maximum Gasteiger partial charge on any atom is 0.223 e. The van der Waals surface area contributed by atoms with E-state index in [0.717, 1.165) is 19.3 Å². The van der Waals surface area contributed by atoms with Crippen LogP contribution in [0.15, 0.2) is 17.5 Å². The van der Waals surface area contributed by atoms with Crippen LogP contribution in [0, 0.1) is 17.8 Å². The summed E-state index contributed by atoms with van der Waals surface area (Å²) in [6, 6.07) is 4.68. The first kappa shape index (κ1) is 15.0. The van der Waals surface area contributed by atoms with Crippen LogP contribution in [0.25, 0.3) is 0 Å². The predicted octanol–water partition coefficient (Wildman–Crippen LogP) is 3.47. The van der Waals surface area contributed by atoms with Crippen molar-refractivity contribution in [3.63, 3.8) is 0 Å². The molecular formula is C17H26N2OS. The van der Waals surface area contributed by atoms with Crippen LogP contribution in [0.2, 0.25) is 0 Å². The summed E-state index contributed by atoms with van der Waals surface area (Å²) in [6.07, 6.45) is 6.65. The number of rotatable bonds is 4. The second-order valence-corrected chi connectivity index (χ2v) is 7.66. The molecular weight excluding hydrogens is 280 g/mol. The van der Waals surface area contributed by atoms with Crippen molar-refractivity contribution in [1.82, 2.24) is 5.32 Å². The Kier molecular flexibility index (Phi) is 4.65. The summed E-state index contributed by atoms with van der Waals surface area (Å²) in [5.41, 5.74) is 6.32. The van der Waals surface area contributed by atoms with Crippen LogP contribution in [0.3, 0.4) is 0 Å². The van der Waals surface area contributed by atoms with Crippen LogP contribution in [-0.2, 0) is 4.79 Å². The molecule has 4 heteroatoms. The molecule has 0 saturated heterocycles. The van der Waals surface area contributed by atoms with E-state index in [9.17, 15) is 4.79 Å². The van der Waals surface area contributed by atoms with Gasteiger partial charge in [-0.05, 0) is 55.4 Å². The zero-order valence-corrected chi connectivity index (χ0v) is 13.6. The lowest BCUT2D eigenvalue weighted by atomic mass is 9.65. The third kappa shape index (κ3) is 3.16. The van der Waals surface area contributed by atoms with E-state index in [4.69, 9.17) is 5.73 Å². The second-order valence-electron chi connectivity index (χ2n) is 6.68. The molecule has 2 aliphatic rings. The molecule has 3 atom stereocenters. The molecule has 0 spiro atoms. The van der Waals surface area contributed by atoms with E-state index in [1.165, 1.54) is 24.1 Å². The van der Waals surface area contributed by atoms with E-state index in [0.29, 0.717) is 17.9 Å². The van der Waals surface area contributed by atoms with Gasteiger partial charge in [0.05, 0.1) is 6.04 Å². The van der Waals surface area contributed by atoms with Gasteiger partial charge in [0.2, 0.25) is 5.91 Å². The minimum absolute atomic E-state index is 0.174. The minimum Gasteiger partial charge on any atom is -0.348 e. The highest BCUT2D eigenvalue weighted by molar-refractivity contribution is 7.10. The van der Waals surface area contributed by atoms with Gasteiger partial charge in [-0.3, -0.25) is 4.79 Å². The van der Waals surface area contributed by atoms with E-state index in [1.54, 1.807) is 11.3 Å². The van der Waals surface area contributed by atoms with Crippen molar-refractivity contribution in [2.75, 3.05) is 0 Å². The van der Waals surface area contributed by atoms with Crippen LogP contribution in [0.1, 0.15) is 56.4 Å². The highest BCUT2D eigenvalue weighted by Crippen LogP contribution is 2.42. The van der Waals surface area contributed by atoms with Crippen molar-refractivity contribution in [2.24, 2.45) is 23.5 Å². The normalized spacial score (nSPS) is 33.4. The number of hydrogen-bond donors (Lipinski definition) is 2. The van der Waals surface area contributed by atoms with Gasteiger partial charge in [0, 0.05) is 16.8 Å². The molecule has 2 fully saturated rings. The fourth-order valence-corrected chi connectivity index (χ4v) is 5.02. The van der Waals surface area contributed by atoms with Crippen LogP contribution in [-0.4, -0.2) is 11.9 Å². The highest BCUT2D eigenvalue weighted by atomic mass is 32.1. The first-order valence-corrected chi connectivity index (χ1v) is 9.16. The molecule has 1 aromatic rings. The Morgan fingerprint density at radius 2 is 2.14 bits per heavy atom. The van der Waals surface area contributed by atoms with Gasteiger partial charge < -0.3 is 11.1 Å². The number of carbonyl (C=O) groups excluding carboxylic acids is 1. The van der Waals surface area contributed by atoms with E-state index >= 15 is 0 Å². The molecule has 0 aliphatic heterocycles. The van der Waals surface area contributed by atoms with Crippen LogP contribution < -0.4 is 11.1 Å². The molecule has 1 aromatic heterocycles. The Labute approximate surface area is 131 Å². The zero-order valence-electron chi connectivity index (χ0n) is 12.8. The third-order valence-electron chi connectivity index (χ3n) is 5.40. The molecule has 116 valence electrons. The fraction of sp³-hybridized carbons (Fsp3) is 0.706. The topological polar surface area (TPSA) is 55.1 Å². The van der Waals surface area contributed by atoms with Gasteiger partial charge in [0.1, 0.15) is 0 Å².